The van der Waals surface area contributed by atoms with Gasteiger partial charge in [0.2, 0.25) is 0 Å². The van der Waals surface area contributed by atoms with Gasteiger partial charge in [-0.25, -0.2) is 0 Å². The second kappa shape index (κ2) is 4.43. The lowest BCUT2D eigenvalue weighted by Gasteiger charge is -2.38. The second-order valence-corrected chi connectivity index (χ2v) is 5.24. The van der Waals surface area contributed by atoms with Crippen LogP contribution >= 0.6 is 12.2 Å². The summed E-state index contributed by atoms with van der Waals surface area (Å²) in [6.07, 6.45) is 4.77. The standard InChI is InChI=1S/C12H21NS/c1-5-13-11(14)10-9(2)7-6-8-12(10,3)4/h7,10H,5-6,8H2,1-4H3,(H,13,14). The lowest BCUT2D eigenvalue weighted by atomic mass is 9.68. The van der Waals surface area contributed by atoms with Gasteiger partial charge in [-0.2, -0.15) is 0 Å². The van der Waals surface area contributed by atoms with E-state index in [2.05, 4.69) is 39.1 Å². The van der Waals surface area contributed by atoms with E-state index in [1.54, 1.807) is 0 Å². The Morgan fingerprint density at radius 1 is 1.64 bits per heavy atom. The molecule has 1 rings (SSSR count). The summed E-state index contributed by atoms with van der Waals surface area (Å²) in [4.78, 5) is 1.02. The van der Waals surface area contributed by atoms with Gasteiger partial charge >= 0.3 is 0 Å². The molecule has 0 fully saturated rings. The molecular formula is C12H21NS. The molecule has 14 heavy (non-hydrogen) atoms. The largest absolute Gasteiger partial charge is 0.379 e. The SMILES string of the molecule is CCNC(=S)C1C(C)=CCCC1(C)C. The van der Waals surface area contributed by atoms with Crippen molar-refractivity contribution in [2.24, 2.45) is 11.3 Å². The van der Waals surface area contributed by atoms with E-state index in [4.69, 9.17) is 12.2 Å². The lowest BCUT2D eigenvalue weighted by Crippen LogP contribution is -2.40. The molecule has 0 aliphatic heterocycles. The molecule has 1 unspecified atom stereocenters. The molecule has 0 radical (unpaired) electrons. The van der Waals surface area contributed by atoms with Crippen molar-refractivity contribution in [3.05, 3.63) is 11.6 Å². The Kier molecular flexibility index (Phi) is 3.71. The van der Waals surface area contributed by atoms with Crippen LogP contribution in [-0.4, -0.2) is 11.5 Å². The highest BCUT2D eigenvalue weighted by atomic mass is 32.1. The normalized spacial score (nSPS) is 25.4. The van der Waals surface area contributed by atoms with Crippen LogP contribution in [-0.2, 0) is 0 Å². The third-order valence-electron chi connectivity index (χ3n) is 3.11. The Bertz CT molecular complexity index is 253. The summed E-state index contributed by atoms with van der Waals surface area (Å²) in [6.45, 7) is 9.87. The highest BCUT2D eigenvalue weighted by molar-refractivity contribution is 7.80. The Morgan fingerprint density at radius 3 is 2.79 bits per heavy atom. The van der Waals surface area contributed by atoms with Crippen LogP contribution in [0.1, 0.15) is 40.5 Å². The van der Waals surface area contributed by atoms with E-state index < -0.39 is 0 Å². The molecule has 80 valence electrons. The predicted octanol–water partition coefficient (Wildman–Crippen LogP) is 3.31. The van der Waals surface area contributed by atoms with E-state index in [0.29, 0.717) is 11.3 Å². The first kappa shape index (κ1) is 11.7. The predicted molar refractivity (Wildman–Crippen MR) is 66.5 cm³/mol. The van der Waals surface area contributed by atoms with Gasteiger partial charge in [-0.3, -0.25) is 0 Å². The summed E-state index contributed by atoms with van der Waals surface area (Å²) in [5.74, 6) is 0.436. The number of rotatable bonds is 2. The summed E-state index contributed by atoms with van der Waals surface area (Å²) in [5.41, 5.74) is 1.75. The molecule has 1 atom stereocenters. The van der Waals surface area contributed by atoms with E-state index in [-0.39, 0.29) is 0 Å². The average Bonchev–Trinajstić information content (AvgIpc) is 2.02. The molecule has 2 heteroatoms. The lowest BCUT2D eigenvalue weighted by molar-refractivity contribution is 0.269. The van der Waals surface area contributed by atoms with Gasteiger partial charge in [-0.1, -0.05) is 37.7 Å². The summed E-state index contributed by atoms with van der Waals surface area (Å²) < 4.78 is 0. The third-order valence-corrected chi connectivity index (χ3v) is 3.49. The highest BCUT2D eigenvalue weighted by Gasteiger charge is 2.35. The summed E-state index contributed by atoms with van der Waals surface area (Å²) in [6, 6.07) is 0. The maximum absolute atomic E-state index is 5.45. The summed E-state index contributed by atoms with van der Waals surface area (Å²) >= 11 is 5.45. The van der Waals surface area contributed by atoms with E-state index >= 15 is 0 Å². The van der Waals surface area contributed by atoms with Gasteiger partial charge in [-0.05, 0) is 32.1 Å². The molecule has 0 saturated carbocycles. The number of hydrogen-bond donors (Lipinski definition) is 1. The van der Waals surface area contributed by atoms with E-state index in [0.717, 1.165) is 11.5 Å². The Labute approximate surface area is 93.0 Å². The molecular weight excluding hydrogens is 190 g/mol. The van der Waals surface area contributed by atoms with Crippen LogP contribution in [0.2, 0.25) is 0 Å². The fraction of sp³-hybridized carbons (Fsp3) is 0.750. The van der Waals surface area contributed by atoms with Crippen molar-refractivity contribution in [3.8, 4) is 0 Å². The fourth-order valence-corrected chi connectivity index (χ4v) is 3.04. The van der Waals surface area contributed by atoms with Crippen LogP contribution in [0.3, 0.4) is 0 Å². The van der Waals surface area contributed by atoms with Gasteiger partial charge in [-0.15, -0.1) is 0 Å². The van der Waals surface area contributed by atoms with Gasteiger partial charge < -0.3 is 5.32 Å². The van der Waals surface area contributed by atoms with Crippen molar-refractivity contribution in [3.63, 3.8) is 0 Å². The van der Waals surface area contributed by atoms with E-state index in [1.165, 1.54) is 18.4 Å². The minimum Gasteiger partial charge on any atom is -0.379 e. The van der Waals surface area contributed by atoms with Crippen LogP contribution < -0.4 is 5.32 Å². The minimum atomic E-state index is 0.318. The van der Waals surface area contributed by atoms with Crippen molar-refractivity contribution in [1.29, 1.82) is 0 Å². The zero-order valence-corrected chi connectivity index (χ0v) is 10.5. The Morgan fingerprint density at radius 2 is 2.29 bits per heavy atom. The van der Waals surface area contributed by atoms with Crippen molar-refractivity contribution in [2.45, 2.75) is 40.5 Å². The maximum Gasteiger partial charge on any atom is 0.0831 e. The van der Waals surface area contributed by atoms with Crippen LogP contribution in [0.5, 0.6) is 0 Å². The van der Waals surface area contributed by atoms with E-state index in [9.17, 15) is 0 Å². The molecule has 0 aromatic heterocycles. The van der Waals surface area contributed by atoms with Crippen molar-refractivity contribution < 1.29 is 0 Å². The first-order valence-corrected chi connectivity index (χ1v) is 5.84. The summed E-state index contributed by atoms with van der Waals surface area (Å²) in [7, 11) is 0. The molecule has 0 saturated heterocycles. The van der Waals surface area contributed by atoms with E-state index in [1.807, 2.05) is 0 Å². The minimum absolute atomic E-state index is 0.318. The molecule has 0 amide bonds. The average molecular weight is 211 g/mol. The number of nitrogens with one attached hydrogen (secondary N) is 1. The van der Waals surface area contributed by atoms with Gasteiger partial charge in [0.1, 0.15) is 0 Å². The second-order valence-electron chi connectivity index (χ2n) is 4.80. The molecule has 0 aromatic rings. The quantitative estimate of drug-likeness (QED) is 0.555. The first-order chi connectivity index (χ1) is 6.49. The number of allylic oxidation sites excluding steroid dienone is 1. The van der Waals surface area contributed by atoms with Gasteiger partial charge in [0.15, 0.2) is 0 Å². The van der Waals surface area contributed by atoms with Crippen molar-refractivity contribution in [2.75, 3.05) is 6.54 Å². The molecule has 0 bridgehead atoms. The first-order valence-electron chi connectivity index (χ1n) is 5.43. The maximum atomic E-state index is 5.45. The van der Waals surface area contributed by atoms with Crippen LogP contribution in [0, 0.1) is 11.3 Å². The van der Waals surface area contributed by atoms with Crippen LogP contribution in [0.15, 0.2) is 11.6 Å². The third kappa shape index (κ3) is 2.35. The Balaban J connectivity index is 2.85. The monoisotopic (exact) mass is 211 g/mol. The molecule has 0 aromatic carbocycles. The zero-order valence-electron chi connectivity index (χ0n) is 9.68. The number of hydrogen-bond acceptors (Lipinski definition) is 1. The molecule has 1 aliphatic rings. The fourth-order valence-electron chi connectivity index (χ4n) is 2.39. The van der Waals surface area contributed by atoms with Crippen molar-refractivity contribution in [1.82, 2.24) is 5.32 Å². The topological polar surface area (TPSA) is 12.0 Å². The Hall–Kier alpha value is -0.370. The van der Waals surface area contributed by atoms with Gasteiger partial charge in [0.05, 0.1) is 4.99 Å². The number of thiocarbonyl (C=S) groups is 1. The van der Waals surface area contributed by atoms with Crippen LogP contribution in [0.4, 0.5) is 0 Å². The highest BCUT2D eigenvalue weighted by Crippen LogP contribution is 2.41. The molecule has 1 nitrogen and oxygen atoms in total. The van der Waals surface area contributed by atoms with Crippen LogP contribution in [0.25, 0.3) is 0 Å². The van der Waals surface area contributed by atoms with Gasteiger partial charge in [0.25, 0.3) is 0 Å². The molecule has 1 N–H and O–H groups in total. The van der Waals surface area contributed by atoms with Crippen molar-refractivity contribution >= 4 is 17.2 Å². The van der Waals surface area contributed by atoms with Gasteiger partial charge in [0, 0.05) is 12.5 Å². The zero-order chi connectivity index (χ0) is 10.8. The summed E-state index contributed by atoms with van der Waals surface area (Å²) in [5, 5.41) is 3.29. The smallest absolute Gasteiger partial charge is 0.0831 e. The molecule has 0 spiro atoms. The molecule has 0 heterocycles. The molecule has 1 aliphatic carbocycles.